The van der Waals surface area contributed by atoms with Crippen molar-refractivity contribution in [3.8, 4) is 0 Å². The van der Waals surface area contributed by atoms with Crippen LogP contribution in [0.15, 0.2) is 41.4 Å². The third kappa shape index (κ3) is 4.04. The first kappa shape index (κ1) is 22.8. The van der Waals surface area contributed by atoms with Crippen molar-refractivity contribution in [1.29, 1.82) is 0 Å². The van der Waals surface area contributed by atoms with Gasteiger partial charge in [0, 0.05) is 23.4 Å². The highest BCUT2D eigenvalue weighted by Gasteiger charge is 2.65. The van der Waals surface area contributed by atoms with E-state index in [1.54, 1.807) is 31.2 Å². The molecule has 0 radical (unpaired) electrons. The van der Waals surface area contributed by atoms with Crippen LogP contribution in [0.2, 0.25) is 5.02 Å². The highest BCUT2D eigenvalue weighted by atomic mass is 35.5. The molecule has 4 rings (SSSR count). The highest BCUT2D eigenvalue weighted by molar-refractivity contribution is 6.30. The number of aliphatic imine (C=N–C) groups is 1. The maximum Gasteiger partial charge on any atom is 0.312 e. The van der Waals surface area contributed by atoms with Crippen LogP contribution in [0, 0.1) is 11.8 Å². The summed E-state index contributed by atoms with van der Waals surface area (Å²) >= 11 is 6.05. The highest BCUT2D eigenvalue weighted by Crippen LogP contribution is 2.48. The SMILES string of the molecule is CC(=O)OC[C@@]1([C@@](C)(O)[C@@H]2CCOC2=O)N=C(c2ccc(Cl)cc2)O[C@H]1[C@@H]1C=CCCC1. The molecule has 0 unspecified atom stereocenters. The van der Waals surface area contributed by atoms with Gasteiger partial charge in [0.2, 0.25) is 5.90 Å². The Bertz CT molecular complexity index is 940. The molecule has 0 spiro atoms. The first-order valence-electron chi connectivity index (χ1n) is 11.0. The fourth-order valence-corrected chi connectivity index (χ4v) is 5.05. The Kier molecular flexibility index (Phi) is 6.32. The second kappa shape index (κ2) is 8.87. The molecule has 172 valence electrons. The fourth-order valence-electron chi connectivity index (χ4n) is 4.93. The Morgan fingerprint density at radius 3 is 2.69 bits per heavy atom. The lowest BCUT2D eigenvalue weighted by Crippen LogP contribution is -2.65. The number of esters is 2. The van der Waals surface area contributed by atoms with Crippen molar-refractivity contribution >= 4 is 29.4 Å². The Labute approximate surface area is 192 Å². The maximum absolute atomic E-state index is 12.5. The van der Waals surface area contributed by atoms with Crippen molar-refractivity contribution in [3.63, 3.8) is 0 Å². The van der Waals surface area contributed by atoms with E-state index in [1.807, 2.05) is 0 Å². The maximum atomic E-state index is 12.5. The van der Waals surface area contributed by atoms with E-state index < -0.39 is 35.1 Å². The number of ether oxygens (including phenoxy) is 3. The van der Waals surface area contributed by atoms with Gasteiger partial charge in [0.05, 0.1) is 12.5 Å². The molecular weight excluding hydrogens is 434 g/mol. The van der Waals surface area contributed by atoms with Gasteiger partial charge < -0.3 is 19.3 Å². The molecule has 1 N–H and O–H groups in total. The largest absolute Gasteiger partial charge is 0.471 e. The van der Waals surface area contributed by atoms with Crippen LogP contribution in [0.1, 0.15) is 45.1 Å². The topological polar surface area (TPSA) is 94.4 Å². The molecule has 5 atom stereocenters. The molecule has 0 saturated carbocycles. The standard InChI is InChI=1S/C24H28ClNO6/c1-15(27)31-14-24(23(2,29)19-12-13-30-22(19)28)20(16-6-4-3-5-7-16)32-21(26-24)17-8-10-18(25)11-9-17/h4,6,8-11,16,19-20,29H,3,5,7,12-14H2,1-2H3/t16-,19-,20+,23+,24-/m1/s1. The zero-order valence-electron chi connectivity index (χ0n) is 18.3. The lowest BCUT2D eigenvalue weighted by molar-refractivity contribution is -0.166. The number of carbonyl (C=O) groups excluding carboxylic acids is 2. The minimum atomic E-state index is -1.68. The molecule has 1 aliphatic carbocycles. The van der Waals surface area contributed by atoms with Crippen molar-refractivity contribution in [2.24, 2.45) is 16.8 Å². The number of carbonyl (C=O) groups is 2. The minimum Gasteiger partial charge on any atom is -0.471 e. The monoisotopic (exact) mass is 461 g/mol. The molecule has 1 saturated heterocycles. The van der Waals surface area contributed by atoms with Gasteiger partial charge in [0.15, 0.2) is 5.54 Å². The smallest absolute Gasteiger partial charge is 0.312 e. The van der Waals surface area contributed by atoms with Gasteiger partial charge >= 0.3 is 11.9 Å². The van der Waals surface area contributed by atoms with Crippen molar-refractivity contribution in [1.82, 2.24) is 0 Å². The zero-order valence-corrected chi connectivity index (χ0v) is 19.0. The summed E-state index contributed by atoms with van der Waals surface area (Å²) in [6.45, 7) is 2.89. The lowest BCUT2D eigenvalue weighted by Gasteiger charge is -2.46. The first-order valence-corrected chi connectivity index (χ1v) is 11.3. The second-order valence-electron chi connectivity index (χ2n) is 8.85. The van der Waals surface area contributed by atoms with E-state index in [9.17, 15) is 14.7 Å². The molecule has 8 heteroatoms. The number of allylic oxidation sites excluding steroid dienone is 1. The normalized spacial score (nSPS) is 31.4. The summed E-state index contributed by atoms with van der Waals surface area (Å²) in [4.78, 5) is 29.2. The average Bonchev–Trinajstić information content (AvgIpc) is 3.38. The van der Waals surface area contributed by atoms with E-state index in [0.29, 0.717) is 22.9 Å². The minimum absolute atomic E-state index is 0.0724. The van der Waals surface area contributed by atoms with E-state index in [-0.39, 0.29) is 19.1 Å². The van der Waals surface area contributed by atoms with Gasteiger partial charge in [-0.3, -0.25) is 9.59 Å². The molecule has 1 fully saturated rings. The van der Waals surface area contributed by atoms with E-state index >= 15 is 0 Å². The zero-order chi connectivity index (χ0) is 22.9. The summed E-state index contributed by atoms with van der Waals surface area (Å²) in [5, 5.41) is 12.5. The van der Waals surface area contributed by atoms with Gasteiger partial charge in [-0.05, 0) is 56.9 Å². The molecule has 2 heterocycles. The molecule has 0 amide bonds. The quantitative estimate of drug-likeness (QED) is 0.515. The summed E-state index contributed by atoms with van der Waals surface area (Å²) in [5.74, 6) is -1.54. The average molecular weight is 462 g/mol. The fraction of sp³-hybridized carbons (Fsp3) is 0.542. The van der Waals surface area contributed by atoms with Gasteiger partial charge in [-0.2, -0.15) is 0 Å². The predicted octanol–water partition coefficient (Wildman–Crippen LogP) is 3.46. The van der Waals surface area contributed by atoms with Crippen LogP contribution in [0.25, 0.3) is 0 Å². The van der Waals surface area contributed by atoms with Crippen molar-refractivity contribution in [3.05, 3.63) is 47.0 Å². The number of halogens is 1. The molecule has 1 aromatic carbocycles. The molecule has 0 aromatic heterocycles. The Hall–Kier alpha value is -2.38. The van der Waals surface area contributed by atoms with Crippen molar-refractivity contribution in [2.75, 3.05) is 13.2 Å². The third-order valence-corrected chi connectivity index (χ3v) is 7.02. The van der Waals surface area contributed by atoms with E-state index in [4.69, 9.17) is 30.8 Å². The van der Waals surface area contributed by atoms with Crippen LogP contribution in [0.5, 0.6) is 0 Å². The third-order valence-electron chi connectivity index (χ3n) is 6.77. The number of nitrogens with zero attached hydrogens (tertiary/aromatic N) is 1. The number of rotatable bonds is 6. The Morgan fingerprint density at radius 2 is 2.09 bits per heavy atom. The summed E-state index contributed by atoms with van der Waals surface area (Å²) in [5.41, 5.74) is -2.39. The summed E-state index contributed by atoms with van der Waals surface area (Å²) in [6.07, 6.45) is 6.65. The van der Waals surface area contributed by atoms with Gasteiger partial charge in [-0.15, -0.1) is 0 Å². The first-order chi connectivity index (χ1) is 15.2. The Morgan fingerprint density at radius 1 is 1.34 bits per heavy atom. The van der Waals surface area contributed by atoms with E-state index in [1.165, 1.54) is 6.92 Å². The molecule has 7 nitrogen and oxygen atoms in total. The number of aliphatic hydroxyl groups is 1. The van der Waals surface area contributed by atoms with Gasteiger partial charge in [0.25, 0.3) is 0 Å². The predicted molar refractivity (Wildman–Crippen MR) is 118 cm³/mol. The molecule has 32 heavy (non-hydrogen) atoms. The van der Waals surface area contributed by atoms with Crippen LogP contribution in [0.4, 0.5) is 0 Å². The molecular formula is C24H28ClNO6. The van der Waals surface area contributed by atoms with Crippen LogP contribution in [-0.2, 0) is 23.8 Å². The van der Waals surface area contributed by atoms with Gasteiger partial charge in [-0.1, -0.05) is 23.8 Å². The van der Waals surface area contributed by atoms with E-state index in [0.717, 1.165) is 19.3 Å². The van der Waals surface area contributed by atoms with Crippen LogP contribution in [-0.4, -0.2) is 53.4 Å². The van der Waals surface area contributed by atoms with Gasteiger partial charge in [0.1, 0.15) is 18.3 Å². The van der Waals surface area contributed by atoms with Crippen LogP contribution >= 0.6 is 11.6 Å². The van der Waals surface area contributed by atoms with Gasteiger partial charge in [-0.25, -0.2) is 4.99 Å². The van der Waals surface area contributed by atoms with Crippen LogP contribution in [0.3, 0.4) is 0 Å². The van der Waals surface area contributed by atoms with Crippen molar-refractivity contribution < 1.29 is 28.9 Å². The summed E-state index contributed by atoms with van der Waals surface area (Å²) in [6, 6.07) is 7.04. The Balaban J connectivity index is 1.84. The number of hydrogen-bond acceptors (Lipinski definition) is 7. The number of hydrogen-bond donors (Lipinski definition) is 1. The van der Waals surface area contributed by atoms with E-state index in [2.05, 4.69) is 12.2 Å². The summed E-state index contributed by atoms with van der Waals surface area (Å²) < 4.78 is 17.0. The molecule has 3 aliphatic rings. The number of cyclic esters (lactones) is 1. The molecule has 0 bridgehead atoms. The molecule has 1 aromatic rings. The number of benzene rings is 1. The second-order valence-corrected chi connectivity index (χ2v) is 9.28. The molecule has 2 aliphatic heterocycles. The van der Waals surface area contributed by atoms with Crippen molar-refractivity contribution in [2.45, 2.75) is 56.8 Å². The van der Waals surface area contributed by atoms with Crippen LogP contribution < -0.4 is 0 Å². The summed E-state index contributed by atoms with van der Waals surface area (Å²) in [7, 11) is 0. The lowest BCUT2D eigenvalue weighted by atomic mass is 9.66.